The highest BCUT2D eigenvalue weighted by molar-refractivity contribution is 7.89. The SMILES string of the molecule is Cn1nc(N2CCC(=O)NC2=O)c2ccc(C3CCN(Cc4cccc(S(=O)(=O)N5CCC(Nc6ncc(C(F)(F)F)c(OC7CCCC7)n6)CC5)c4)CC3)cc21. The van der Waals surface area contributed by atoms with Gasteiger partial charge >= 0.3 is 12.2 Å². The van der Waals surface area contributed by atoms with Crippen LogP contribution in [0.2, 0.25) is 0 Å². The molecule has 0 bridgehead atoms. The van der Waals surface area contributed by atoms with Crippen molar-refractivity contribution in [1.29, 1.82) is 0 Å². The van der Waals surface area contributed by atoms with Crippen molar-refractivity contribution in [3.63, 3.8) is 0 Å². The minimum Gasteiger partial charge on any atom is -0.474 e. The van der Waals surface area contributed by atoms with Crippen LogP contribution < -0.4 is 20.3 Å². The van der Waals surface area contributed by atoms with E-state index in [2.05, 4.69) is 42.7 Å². The number of aromatic nitrogens is 4. The predicted octanol–water partition coefficient (Wildman–Crippen LogP) is 5.79. The quantitative estimate of drug-likeness (QED) is 0.201. The van der Waals surface area contributed by atoms with Gasteiger partial charge < -0.3 is 10.1 Å². The van der Waals surface area contributed by atoms with Crippen LogP contribution in [0.4, 0.5) is 29.7 Å². The Morgan fingerprint density at radius 3 is 2.42 bits per heavy atom. The number of carbonyl (C=O) groups is 2. The molecule has 4 fully saturated rings. The number of carbonyl (C=O) groups excluding carboxylic acids is 2. The highest BCUT2D eigenvalue weighted by atomic mass is 32.2. The maximum absolute atomic E-state index is 13.8. The van der Waals surface area contributed by atoms with Crippen LogP contribution >= 0.6 is 0 Å². The van der Waals surface area contributed by atoms with E-state index < -0.39 is 33.7 Å². The summed E-state index contributed by atoms with van der Waals surface area (Å²) >= 11 is 0. The first-order valence-electron chi connectivity index (χ1n) is 19.6. The van der Waals surface area contributed by atoms with Crippen LogP contribution in [-0.2, 0) is 34.6 Å². The summed E-state index contributed by atoms with van der Waals surface area (Å²) in [5, 5.41) is 10.9. The number of fused-ring (bicyclic) bond motifs is 1. The van der Waals surface area contributed by atoms with Crippen LogP contribution in [0.15, 0.2) is 53.6 Å². The van der Waals surface area contributed by atoms with E-state index in [1.165, 1.54) is 14.8 Å². The van der Waals surface area contributed by atoms with E-state index in [1.54, 1.807) is 22.9 Å². The number of sulfonamides is 1. The lowest BCUT2D eigenvalue weighted by atomic mass is 9.89. The molecule has 18 heteroatoms. The summed E-state index contributed by atoms with van der Waals surface area (Å²) in [4.78, 5) is 36.2. The topological polar surface area (TPSA) is 155 Å². The van der Waals surface area contributed by atoms with E-state index in [4.69, 9.17) is 4.74 Å². The van der Waals surface area contributed by atoms with Crippen molar-refractivity contribution in [2.24, 2.45) is 7.05 Å². The van der Waals surface area contributed by atoms with Gasteiger partial charge in [0.2, 0.25) is 27.8 Å². The molecule has 8 rings (SSSR count). The predicted molar refractivity (Wildman–Crippen MR) is 205 cm³/mol. The molecule has 2 aromatic carbocycles. The first kappa shape index (κ1) is 39.0. The zero-order chi connectivity index (χ0) is 39.9. The fourth-order valence-corrected chi connectivity index (χ4v) is 9.96. The molecule has 1 saturated carbocycles. The Labute approximate surface area is 328 Å². The lowest BCUT2D eigenvalue weighted by Gasteiger charge is -2.33. The number of piperidine rings is 2. The van der Waals surface area contributed by atoms with Gasteiger partial charge in [0.25, 0.3) is 0 Å². The number of ether oxygens (including phenoxy) is 1. The third-order valence-electron chi connectivity index (χ3n) is 11.6. The Balaban J connectivity index is 0.851. The minimum atomic E-state index is -4.65. The van der Waals surface area contributed by atoms with E-state index in [9.17, 15) is 31.2 Å². The van der Waals surface area contributed by atoms with Crippen molar-refractivity contribution >= 4 is 44.6 Å². The van der Waals surface area contributed by atoms with Gasteiger partial charge in [-0.25, -0.2) is 18.2 Å². The zero-order valence-electron chi connectivity index (χ0n) is 31.7. The highest BCUT2D eigenvalue weighted by Crippen LogP contribution is 2.38. The van der Waals surface area contributed by atoms with E-state index in [-0.39, 0.29) is 55.0 Å². The second-order valence-corrected chi connectivity index (χ2v) is 17.4. The van der Waals surface area contributed by atoms with Crippen molar-refractivity contribution in [3.8, 4) is 5.88 Å². The van der Waals surface area contributed by atoms with Crippen LogP contribution in [0.25, 0.3) is 10.9 Å². The molecule has 2 N–H and O–H groups in total. The first-order chi connectivity index (χ1) is 27.3. The normalized spacial score (nSPS) is 20.0. The van der Waals surface area contributed by atoms with Gasteiger partial charge in [-0.3, -0.25) is 24.6 Å². The number of hydrogen-bond donors (Lipinski definition) is 2. The monoisotopic (exact) mass is 809 g/mol. The van der Waals surface area contributed by atoms with Crippen molar-refractivity contribution in [2.45, 2.75) is 93.5 Å². The molecule has 5 heterocycles. The molecule has 14 nitrogen and oxygen atoms in total. The number of benzene rings is 2. The van der Waals surface area contributed by atoms with E-state index in [0.29, 0.717) is 44.0 Å². The van der Waals surface area contributed by atoms with Crippen LogP contribution in [0, 0.1) is 0 Å². The number of halogens is 3. The van der Waals surface area contributed by atoms with Crippen LogP contribution in [0.5, 0.6) is 5.88 Å². The lowest BCUT2D eigenvalue weighted by molar-refractivity contribution is -0.139. The molecule has 4 aliphatic rings. The Kier molecular flexibility index (Phi) is 10.9. The van der Waals surface area contributed by atoms with Crippen LogP contribution in [0.3, 0.4) is 0 Å². The van der Waals surface area contributed by atoms with Crippen LogP contribution in [-0.4, -0.2) is 94.2 Å². The number of likely N-dealkylation sites (tertiary alicyclic amines) is 1. The minimum absolute atomic E-state index is 0.0301. The van der Waals surface area contributed by atoms with Gasteiger partial charge in [-0.05, 0) is 106 Å². The molecular formula is C39H46F3N9O5S. The summed E-state index contributed by atoms with van der Waals surface area (Å²) in [6, 6.07) is 12.6. The fourth-order valence-electron chi connectivity index (χ4n) is 8.42. The molecule has 0 radical (unpaired) electrons. The number of hydrogen-bond acceptors (Lipinski definition) is 10. The summed E-state index contributed by atoms with van der Waals surface area (Å²) < 4.78 is 77.5. The number of amides is 3. The van der Waals surface area contributed by atoms with Gasteiger partial charge in [-0.15, -0.1) is 0 Å². The van der Waals surface area contributed by atoms with Gasteiger partial charge in [-0.1, -0.05) is 18.2 Å². The van der Waals surface area contributed by atoms with E-state index >= 15 is 0 Å². The number of anilines is 2. The average Bonchev–Trinajstić information content (AvgIpc) is 3.82. The van der Waals surface area contributed by atoms with Crippen molar-refractivity contribution in [2.75, 3.05) is 42.9 Å². The molecule has 4 aromatic rings. The second-order valence-electron chi connectivity index (χ2n) is 15.4. The lowest BCUT2D eigenvalue weighted by Crippen LogP contribution is -2.49. The molecule has 3 saturated heterocycles. The smallest absolute Gasteiger partial charge is 0.423 e. The number of alkyl halides is 3. The molecule has 304 valence electrons. The summed E-state index contributed by atoms with van der Waals surface area (Å²) in [6.45, 7) is 3.07. The maximum Gasteiger partial charge on any atom is 0.423 e. The summed E-state index contributed by atoms with van der Waals surface area (Å²) in [5.74, 6) is 0.143. The number of nitrogens with one attached hydrogen (secondary N) is 2. The van der Waals surface area contributed by atoms with E-state index in [1.807, 2.05) is 19.2 Å². The molecule has 1 aliphatic carbocycles. The molecule has 3 aliphatic heterocycles. The standard InChI is InChI=1S/C39H46F3N9O5S/c1-48-33-22-27(9-10-31(33)35(47-48)51-20-15-34(52)45-38(51)53)26-11-16-49(17-12-26)24-25-5-4-8-30(21-25)57(54,55)50-18-13-28(14-19-50)44-37-43-23-32(39(40,41)42)36(46-37)56-29-6-2-3-7-29/h4-5,8-10,21-23,26,28-29H,2-3,6-7,11-20,24H2,1H3,(H,43,44,46)(H,45,52,53). The molecule has 0 atom stereocenters. The fraction of sp³-hybridized carbons (Fsp3) is 0.513. The molecule has 2 aromatic heterocycles. The number of rotatable bonds is 10. The van der Waals surface area contributed by atoms with E-state index in [0.717, 1.165) is 61.4 Å². The molecule has 57 heavy (non-hydrogen) atoms. The number of imide groups is 1. The van der Waals surface area contributed by atoms with Crippen molar-refractivity contribution < 1.29 is 35.9 Å². The van der Waals surface area contributed by atoms with Gasteiger partial charge in [0, 0.05) is 57.3 Å². The van der Waals surface area contributed by atoms with Gasteiger partial charge in [0.05, 0.1) is 10.4 Å². The number of aryl methyl sites for hydroxylation is 1. The number of nitrogens with zero attached hydrogens (tertiary/aromatic N) is 7. The largest absolute Gasteiger partial charge is 0.474 e. The molecular weight excluding hydrogens is 764 g/mol. The molecule has 0 unspecified atom stereocenters. The third-order valence-corrected chi connectivity index (χ3v) is 13.5. The summed E-state index contributed by atoms with van der Waals surface area (Å²) in [6.07, 6.45) is 1.92. The van der Waals surface area contributed by atoms with Gasteiger partial charge in [-0.2, -0.15) is 27.6 Å². The Hall–Kier alpha value is -4.81. The molecule has 3 amide bonds. The van der Waals surface area contributed by atoms with Gasteiger partial charge in [0.15, 0.2) is 5.82 Å². The van der Waals surface area contributed by atoms with Crippen molar-refractivity contribution in [1.82, 2.24) is 34.3 Å². The average molecular weight is 810 g/mol. The zero-order valence-corrected chi connectivity index (χ0v) is 32.5. The second kappa shape index (κ2) is 15.9. The number of urea groups is 1. The Morgan fingerprint density at radius 2 is 1.70 bits per heavy atom. The van der Waals surface area contributed by atoms with Gasteiger partial charge in [0.1, 0.15) is 11.7 Å². The highest BCUT2D eigenvalue weighted by Gasteiger charge is 2.38. The third kappa shape index (κ3) is 8.43. The Morgan fingerprint density at radius 1 is 0.947 bits per heavy atom. The first-order valence-corrected chi connectivity index (χ1v) is 21.0. The molecule has 0 spiro atoms. The van der Waals surface area contributed by atoms with Crippen LogP contribution in [0.1, 0.15) is 80.4 Å². The van der Waals surface area contributed by atoms with Crippen molar-refractivity contribution in [3.05, 3.63) is 65.4 Å². The summed E-state index contributed by atoms with van der Waals surface area (Å²) in [5.41, 5.74) is 2.02. The summed E-state index contributed by atoms with van der Waals surface area (Å²) in [7, 11) is -1.93. The Bertz CT molecular complexity index is 2250. The maximum atomic E-state index is 13.8.